The van der Waals surface area contributed by atoms with Gasteiger partial charge >= 0.3 is 0 Å². The van der Waals surface area contributed by atoms with Crippen LogP contribution in [0.15, 0.2) is 12.1 Å². The van der Waals surface area contributed by atoms with E-state index in [0.717, 1.165) is 17.5 Å². The highest BCUT2D eigenvalue weighted by Gasteiger charge is 2.21. The fourth-order valence-corrected chi connectivity index (χ4v) is 1.73. The van der Waals surface area contributed by atoms with E-state index in [-0.39, 0.29) is 5.82 Å². The fourth-order valence-electron chi connectivity index (χ4n) is 1.73. The Hall–Kier alpha value is -1.09. The summed E-state index contributed by atoms with van der Waals surface area (Å²) in [4.78, 5) is 0. The van der Waals surface area contributed by atoms with E-state index in [4.69, 9.17) is 10.5 Å². The monoisotopic (exact) mass is 211 g/mol. The van der Waals surface area contributed by atoms with Crippen molar-refractivity contribution in [1.29, 1.82) is 0 Å². The van der Waals surface area contributed by atoms with Crippen molar-refractivity contribution in [2.75, 3.05) is 7.11 Å². The van der Waals surface area contributed by atoms with Crippen molar-refractivity contribution in [2.45, 2.75) is 32.7 Å². The molecule has 0 aliphatic rings. The molecule has 0 heterocycles. The molecule has 2 nitrogen and oxygen atoms in total. The molecule has 0 aromatic heterocycles. The summed E-state index contributed by atoms with van der Waals surface area (Å²) in [5.74, 6) is 0.267. The molecule has 0 aliphatic carbocycles. The van der Waals surface area contributed by atoms with Crippen molar-refractivity contribution in [3.8, 4) is 5.75 Å². The number of halogens is 1. The molecule has 3 heteroatoms. The summed E-state index contributed by atoms with van der Waals surface area (Å²) in [6.45, 7) is 5.73. The van der Waals surface area contributed by atoms with Gasteiger partial charge < -0.3 is 10.5 Å². The lowest BCUT2D eigenvalue weighted by Crippen LogP contribution is -2.30. The molecule has 1 aromatic rings. The predicted molar refractivity (Wildman–Crippen MR) is 59.5 cm³/mol. The first-order chi connectivity index (χ1) is 6.90. The molecule has 15 heavy (non-hydrogen) atoms. The number of methoxy groups -OCH3 is 1. The van der Waals surface area contributed by atoms with Crippen LogP contribution in [-0.2, 0) is 12.0 Å². The third-order valence-corrected chi connectivity index (χ3v) is 2.44. The smallest absolute Gasteiger partial charge is 0.127 e. The number of hydrogen-bond acceptors (Lipinski definition) is 2. The van der Waals surface area contributed by atoms with Crippen molar-refractivity contribution in [1.82, 2.24) is 0 Å². The maximum absolute atomic E-state index is 13.3. The molecule has 0 radical (unpaired) electrons. The Morgan fingerprint density at radius 3 is 2.40 bits per heavy atom. The molecule has 0 spiro atoms. The Bertz CT molecular complexity index is 355. The summed E-state index contributed by atoms with van der Waals surface area (Å²) in [6, 6.07) is 2.88. The third kappa shape index (κ3) is 2.48. The summed E-state index contributed by atoms with van der Waals surface area (Å²) in [6.07, 6.45) is 0.777. The molecule has 0 fully saturated rings. The van der Waals surface area contributed by atoms with Crippen LogP contribution in [0.4, 0.5) is 4.39 Å². The number of ether oxygens (including phenoxy) is 1. The van der Waals surface area contributed by atoms with Crippen LogP contribution in [-0.4, -0.2) is 7.11 Å². The Morgan fingerprint density at radius 2 is 2.00 bits per heavy atom. The molecule has 1 aromatic carbocycles. The number of nitrogens with two attached hydrogens (primary N) is 1. The molecular formula is C12H18FNO. The van der Waals surface area contributed by atoms with Crippen molar-refractivity contribution in [3.05, 3.63) is 29.1 Å². The van der Waals surface area contributed by atoms with E-state index in [1.807, 2.05) is 20.8 Å². The van der Waals surface area contributed by atoms with E-state index in [9.17, 15) is 4.39 Å². The minimum Gasteiger partial charge on any atom is -0.496 e. The van der Waals surface area contributed by atoms with Crippen molar-refractivity contribution in [3.63, 3.8) is 0 Å². The minimum atomic E-state index is -0.555. The van der Waals surface area contributed by atoms with Gasteiger partial charge in [0.1, 0.15) is 11.6 Å². The summed E-state index contributed by atoms with van der Waals surface area (Å²) in [5, 5.41) is 0. The molecule has 0 unspecified atom stereocenters. The number of benzene rings is 1. The van der Waals surface area contributed by atoms with Crippen LogP contribution in [0.5, 0.6) is 5.75 Å². The van der Waals surface area contributed by atoms with Gasteiger partial charge in [-0.05, 0) is 37.5 Å². The van der Waals surface area contributed by atoms with Gasteiger partial charge in [-0.15, -0.1) is 0 Å². The van der Waals surface area contributed by atoms with E-state index in [2.05, 4.69) is 0 Å². The zero-order chi connectivity index (χ0) is 11.6. The Morgan fingerprint density at radius 1 is 1.40 bits per heavy atom. The molecule has 0 bridgehead atoms. The Balaban J connectivity index is 3.42. The predicted octanol–water partition coefficient (Wildman–Crippen LogP) is 2.59. The Labute approximate surface area is 90.2 Å². The number of hydrogen-bond donors (Lipinski definition) is 1. The maximum atomic E-state index is 13.3. The minimum absolute atomic E-state index is 0.308. The van der Waals surface area contributed by atoms with Gasteiger partial charge in [-0.3, -0.25) is 0 Å². The van der Waals surface area contributed by atoms with Gasteiger partial charge in [0.2, 0.25) is 0 Å². The van der Waals surface area contributed by atoms with Crippen LogP contribution in [0.1, 0.15) is 31.9 Å². The van der Waals surface area contributed by atoms with E-state index < -0.39 is 5.54 Å². The standard InChI is InChI=1S/C12H18FNO/c1-5-9-10(12(2,3)14)6-8(13)7-11(9)15-4/h6-7H,5,14H2,1-4H3. The Kier molecular flexibility index (Phi) is 3.35. The molecule has 0 amide bonds. The molecule has 0 atom stereocenters. The first-order valence-corrected chi connectivity index (χ1v) is 5.06. The second-order valence-electron chi connectivity index (χ2n) is 4.21. The van der Waals surface area contributed by atoms with Crippen molar-refractivity contribution >= 4 is 0 Å². The molecule has 1 rings (SSSR count). The molecule has 84 valence electrons. The van der Waals surface area contributed by atoms with E-state index >= 15 is 0 Å². The normalized spacial score (nSPS) is 11.6. The lowest BCUT2D eigenvalue weighted by molar-refractivity contribution is 0.402. The number of rotatable bonds is 3. The van der Waals surface area contributed by atoms with Crippen molar-refractivity contribution < 1.29 is 9.13 Å². The van der Waals surface area contributed by atoms with Gasteiger partial charge in [-0.1, -0.05) is 6.92 Å². The lowest BCUT2D eigenvalue weighted by Gasteiger charge is -2.24. The zero-order valence-corrected chi connectivity index (χ0v) is 9.73. The van der Waals surface area contributed by atoms with Crippen LogP contribution in [0.25, 0.3) is 0 Å². The van der Waals surface area contributed by atoms with Gasteiger partial charge in [-0.2, -0.15) is 0 Å². The second-order valence-corrected chi connectivity index (χ2v) is 4.21. The highest BCUT2D eigenvalue weighted by molar-refractivity contribution is 5.44. The van der Waals surface area contributed by atoms with Crippen LogP contribution < -0.4 is 10.5 Å². The fraction of sp³-hybridized carbons (Fsp3) is 0.500. The van der Waals surface area contributed by atoms with Gasteiger partial charge in [0, 0.05) is 11.6 Å². The van der Waals surface area contributed by atoms with Crippen LogP contribution in [0.2, 0.25) is 0 Å². The zero-order valence-electron chi connectivity index (χ0n) is 9.73. The second kappa shape index (κ2) is 4.19. The van der Waals surface area contributed by atoms with E-state index in [1.54, 1.807) is 7.11 Å². The molecule has 0 saturated carbocycles. The lowest BCUT2D eigenvalue weighted by atomic mass is 9.89. The van der Waals surface area contributed by atoms with Crippen LogP contribution in [0, 0.1) is 5.82 Å². The van der Waals surface area contributed by atoms with Gasteiger partial charge in [-0.25, -0.2) is 4.39 Å². The first kappa shape index (κ1) is 12.0. The van der Waals surface area contributed by atoms with Gasteiger partial charge in [0.05, 0.1) is 7.11 Å². The molecule has 0 aliphatic heterocycles. The summed E-state index contributed by atoms with van der Waals surface area (Å²) >= 11 is 0. The quantitative estimate of drug-likeness (QED) is 0.834. The average molecular weight is 211 g/mol. The largest absolute Gasteiger partial charge is 0.496 e. The summed E-state index contributed by atoms with van der Waals surface area (Å²) in [7, 11) is 1.54. The molecule has 2 N–H and O–H groups in total. The first-order valence-electron chi connectivity index (χ1n) is 5.06. The SMILES string of the molecule is CCc1c(OC)cc(F)cc1C(C)(C)N. The maximum Gasteiger partial charge on any atom is 0.127 e. The van der Waals surface area contributed by atoms with Crippen LogP contribution >= 0.6 is 0 Å². The molecule has 0 saturated heterocycles. The van der Waals surface area contributed by atoms with Gasteiger partial charge in [0.25, 0.3) is 0 Å². The summed E-state index contributed by atoms with van der Waals surface area (Å²) in [5.41, 5.74) is 7.23. The highest BCUT2D eigenvalue weighted by Crippen LogP contribution is 2.30. The van der Waals surface area contributed by atoms with Crippen LogP contribution in [0.3, 0.4) is 0 Å². The van der Waals surface area contributed by atoms with E-state index in [1.165, 1.54) is 12.1 Å². The van der Waals surface area contributed by atoms with E-state index in [0.29, 0.717) is 5.75 Å². The van der Waals surface area contributed by atoms with Gasteiger partial charge in [0.15, 0.2) is 0 Å². The third-order valence-electron chi connectivity index (χ3n) is 2.44. The topological polar surface area (TPSA) is 35.2 Å². The summed E-state index contributed by atoms with van der Waals surface area (Å²) < 4.78 is 18.5. The molecular weight excluding hydrogens is 193 g/mol. The highest BCUT2D eigenvalue weighted by atomic mass is 19.1. The van der Waals surface area contributed by atoms with Crippen molar-refractivity contribution in [2.24, 2.45) is 5.73 Å². The average Bonchev–Trinajstić information content (AvgIpc) is 2.15.